The van der Waals surface area contributed by atoms with Crippen LogP contribution >= 0.6 is 31.9 Å². The second-order valence-electron chi connectivity index (χ2n) is 2.29. The summed E-state index contributed by atoms with van der Waals surface area (Å²) in [7, 11) is 0. The summed E-state index contributed by atoms with van der Waals surface area (Å²) in [6.07, 6.45) is -1.77. The van der Waals surface area contributed by atoms with Gasteiger partial charge in [-0.1, -0.05) is 0 Å². The van der Waals surface area contributed by atoms with Gasteiger partial charge in [0.05, 0.1) is 14.5 Å². The third-order valence-corrected chi connectivity index (χ3v) is 2.82. The molecule has 0 aliphatic rings. The SMILES string of the molecule is O=C(O)c1c(Br)cnc(C(F)F)c1Br. The van der Waals surface area contributed by atoms with Crippen LogP contribution in [0.3, 0.4) is 0 Å². The van der Waals surface area contributed by atoms with Crippen molar-refractivity contribution in [1.82, 2.24) is 4.98 Å². The molecule has 0 aliphatic heterocycles. The first-order valence-electron chi connectivity index (χ1n) is 3.30. The maximum atomic E-state index is 12.3. The molecule has 0 bridgehead atoms. The molecule has 1 N–H and O–H groups in total. The second-order valence-corrected chi connectivity index (χ2v) is 3.93. The summed E-state index contributed by atoms with van der Waals surface area (Å²) in [6, 6.07) is 0. The molecular weight excluding hydrogens is 328 g/mol. The van der Waals surface area contributed by atoms with Crippen LogP contribution in [-0.2, 0) is 0 Å². The minimum atomic E-state index is -2.81. The van der Waals surface area contributed by atoms with Gasteiger partial charge in [0.25, 0.3) is 6.43 Å². The molecule has 3 nitrogen and oxygen atoms in total. The van der Waals surface area contributed by atoms with Gasteiger partial charge in [0.15, 0.2) is 0 Å². The van der Waals surface area contributed by atoms with Gasteiger partial charge in [-0.2, -0.15) is 0 Å². The smallest absolute Gasteiger partial charge is 0.338 e. The van der Waals surface area contributed by atoms with Gasteiger partial charge in [0, 0.05) is 6.20 Å². The average Bonchev–Trinajstić information content (AvgIpc) is 2.02. The fourth-order valence-corrected chi connectivity index (χ4v) is 2.22. The average molecular weight is 331 g/mol. The maximum Gasteiger partial charge on any atom is 0.338 e. The number of carboxylic acids is 1. The van der Waals surface area contributed by atoms with Gasteiger partial charge in [-0.3, -0.25) is 4.98 Å². The number of aromatic carboxylic acids is 1. The zero-order valence-electron chi connectivity index (χ0n) is 6.47. The molecule has 0 aliphatic carbocycles. The topological polar surface area (TPSA) is 50.2 Å². The van der Waals surface area contributed by atoms with Crippen molar-refractivity contribution < 1.29 is 18.7 Å². The molecule has 1 aromatic rings. The Bertz CT molecular complexity index is 384. The van der Waals surface area contributed by atoms with E-state index >= 15 is 0 Å². The van der Waals surface area contributed by atoms with Crippen LogP contribution in [0.5, 0.6) is 0 Å². The van der Waals surface area contributed by atoms with E-state index in [1.54, 1.807) is 0 Å². The summed E-state index contributed by atoms with van der Waals surface area (Å²) in [5.41, 5.74) is -0.832. The molecule has 0 unspecified atom stereocenters. The number of hydrogen-bond donors (Lipinski definition) is 1. The van der Waals surface area contributed by atoms with E-state index in [2.05, 4.69) is 36.8 Å². The zero-order chi connectivity index (χ0) is 10.9. The number of alkyl halides is 2. The van der Waals surface area contributed by atoms with Crippen molar-refractivity contribution in [3.63, 3.8) is 0 Å². The molecule has 0 amide bonds. The normalized spacial score (nSPS) is 10.6. The largest absolute Gasteiger partial charge is 0.478 e. The van der Waals surface area contributed by atoms with E-state index in [1.807, 2.05) is 0 Å². The Morgan fingerprint density at radius 1 is 1.50 bits per heavy atom. The first kappa shape index (κ1) is 11.5. The van der Waals surface area contributed by atoms with Gasteiger partial charge >= 0.3 is 5.97 Å². The van der Waals surface area contributed by atoms with Crippen LogP contribution in [0, 0.1) is 0 Å². The molecule has 0 spiro atoms. The third kappa shape index (κ3) is 2.09. The lowest BCUT2D eigenvalue weighted by atomic mass is 10.2. The number of nitrogens with zero attached hydrogens (tertiary/aromatic N) is 1. The van der Waals surface area contributed by atoms with Gasteiger partial charge in [0.1, 0.15) is 5.69 Å². The van der Waals surface area contributed by atoms with Crippen LogP contribution in [0.1, 0.15) is 22.5 Å². The van der Waals surface area contributed by atoms with Crippen LogP contribution in [0.2, 0.25) is 0 Å². The number of rotatable bonds is 2. The van der Waals surface area contributed by atoms with Crippen molar-refractivity contribution in [3.05, 3.63) is 26.4 Å². The Labute approximate surface area is 94.4 Å². The number of halogens is 4. The zero-order valence-corrected chi connectivity index (χ0v) is 9.64. The molecule has 0 saturated carbocycles. The predicted molar refractivity (Wildman–Crippen MR) is 51.6 cm³/mol. The second kappa shape index (κ2) is 4.31. The first-order valence-corrected chi connectivity index (χ1v) is 4.89. The molecule has 0 fully saturated rings. The van der Waals surface area contributed by atoms with Crippen LogP contribution in [-0.4, -0.2) is 16.1 Å². The highest BCUT2D eigenvalue weighted by Crippen LogP contribution is 2.32. The van der Waals surface area contributed by atoms with Crippen molar-refractivity contribution in [2.45, 2.75) is 6.43 Å². The van der Waals surface area contributed by atoms with Crippen LogP contribution in [0.25, 0.3) is 0 Å². The van der Waals surface area contributed by atoms with Crippen LogP contribution in [0.4, 0.5) is 8.78 Å². The fourth-order valence-electron chi connectivity index (χ4n) is 0.829. The minimum Gasteiger partial charge on any atom is -0.478 e. The highest BCUT2D eigenvalue weighted by Gasteiger charge is 2.22. The molecule has 7 heteroatoms. The number of carbonyl (C=O) groups is 1. The van der Waals surface area contributed by atoms with E-state index in [-0.39, 0.29) is 14.5 Å². The number of pyridine rings is 1. The van der Waals surface area contributed by atoms with E-state index < -0.39 is 18.1 Å². The summed E-state index contributed by atoms with van der Waals surface area (Å²) in [6.45, 7) is 0. The summed E-state index contributed by atoms with van der Waals surface area (Å²) < 4.78 is 24.6. The van der Waals surface area contributed by atoms with Gasteiger partial charge in [0.2, 0.25) is 0 Å². The lowest BCUT2D eigenvalue weighted by Crippen LogP contribution is -2.04. The standard InChI is InChI=1S/C7H3Br2F2NO2/c8-2-1-12-5(6(10)11)4(9)3(2)7(13)14/h1,6H,(H,13,14). The number of hydrogen-bond acceptors (Lipinski definition) is 2. The number of carboxylic acid groups (broad SMARTS) is 1. The lowest BCUT2D eigenvalue weighted by molar-refractivity contribution is 0.0694. The fraction of sp³-hybridized carbons (Fsp3) is 0.143. The van der Waals surface area contributed by atoms with Gasteiger partial charge in [-0.15, -0.1) is 0 Å². The van der Waals surface area contributed by atoms with Gasteiger partial charge in [-0.05, 0) is 31.9 Å². The highest BCUT2D eigenvalue weighted by molar-refractivity contribution is 9.11. The Kier molecular flexibility index (Phi) is 3.54. The molecule has 1 aromatic heterocycles. The lowest BCUT2D eigenvalue weighted by Gasteiger charge is -2.06. The predicted octanol–water partition coefficient (Wildman–Crippen LogP) is 3.24. The van der Waals surface area contributed by atoms with Crippen LogP contribution in [0.15, 0.2) is 15.1 Å². The highest BCUT2D eigenvalue weighted by atomic mass is 79.9. The summed E-state index contributed by atoms with van der Waals surface area (Å²) in [4.78, 5) is 14.1. The molecule has 0 aromatic carbocycles. The van der Waals surface area contributed by atoms with Crippen molar-refractivity contribution in [3.8, 4) is 0 Å². The van der Waals surface area contributed by atoms with Crippen LogP contribution < -0.4 is 0 Å². The Hall–Kier alpha value is -0.560. The molecular formula is C7H3Br2F2NO2. The maximum absolute atomic E-state index is 12.3. The molecule has 76 valence electrons. The van der Waals surface area contributed by atoms with E-state index in [0.29, 0.717) is 0 Å². The molecule has 1 rings (SSSR count). The van der Waals surface area contributed by atoms with E-state index in [4.69, 9.17) is 5.11 Å². The van der Waals surface area contributed by atoms with Crippen molar-refractivity contribution in [1.29, 1.82) is 0 Å². The first-order chi connectivity index (χ1) is 6.45. The van der Waals surface area contributed by atoms with Crippen molar-refractivity contribution >= 4 is 37.8 Å². The quantitative estimate of drug-likeness (QED) is 0.905. The molecule has 0 radical (unpaired) electrons. The van der Waals surface area contributed by atoms with E-state index in [0.717, 1.165) is 6.20 Å². The summed E-state index contributed by atoms with van der Waals surface area (Å²) in [5.74, 6) is -1.30. The van der Waals surface area contributed by atoms with E-state index in [1.165, 1.54) is 0 Å². The third-order valence-electron chi connectivity index (χ3n) is 1.42. The monoisotopic (exact) mass is 329 g/mol. The minimum absolute atomic E-state index is 0.154. The number of aromatic nitrogens is 1. The molecule has 14 heavy (non-hydrogen) atoms. The summed E-state index contributed by atoms with van der Waals surface area (Å²) in [5, 5.41) is 8.72. The Morgan fingerprint density at radius 2 is 2.07 bits per heavy atom. The summed E-state index contributed by atoms with van der Waals surface area (Å²) >= 11 is 5.69. The molecule has 0 saturated heterocycles. The Balaban J connectivity index is 3.41. The van der Waals surface area contributed by atoms with E-state index in [9.17, 15) is 13.6 Å². The molecule has 0 atom stereocenters. The Morgan fingerprint density at radius 3 is 2.50 bits per heavy atom. The van der Waals surface area contributed by atoms with Gasteiger partial charge in [-0.25, -0.2) is 13.6 Å². The van der Waals surface area contributed by atoms with Crippen molar-refractivity contribution in [2.75, 3.05) is 0 Å². The van der Waals surface area contributed by atoms with Crippen molar-refractivity contribution in [2.24, 2.45) is 0 Å². The molecule has 1 heterocycles. The van der Waals surface area contributed by atoms with Gasteiger partial charge < -0.3 is 5.11 Å².